The zero-order valence-electron chi connectivity index (χ0n) is 17.4. The van der Waals surface area contributed by atoms with Crippen LogP contribution in [0, 0.1) is 5.92 Å². The molecule has 2 aromatic rings. The molecule has 29 heavy (non-hydrogen) atoms. The van der Waals surface area contributed by atoms with Gasteiger partial charge >= 0.3 is 0 Å². The lowest BCUT2D eigenvalue weighted by Gasteiger charge is -2.39. The van der Waals surface area contributed by atoms with Gasteiger partial charge in [-0.2, -0.15) is 0 Å². The summed E-state index contributed by atoms with van der Waals surface area (Å²) >= 11 is 0. The van der Waals surface area contributed by atoms with E-state index in [1.54, 1.807) is 0 Å². The third kappa shape index (κ3) is 3.84. The van der Waals surface area contributed by atoms with Crippen LogP contribution in [0.2, 0.25) is 0 Å². The molecule has 5 nitrogen and oxygen atoms in total. The highest BCUT2D eigenvalue weighted by atomic mass is 16.5. The van der Waals surface area contributed by atoms with E-state index in [1.807, 2.05) is 42.2 Å². The molecule has 2 aliphatic heterocycles. The van der Waals surface area contributed by atoms with Crippen molar-refractivity contribution in [1.29, 1.82) is 0 Å². The van der Waals surface area contributed by atoms with Crippen molar-refractivity contribution in [3.05, 3.63) is 59.2 Å². The van der Waals surface area contributed by atoms with E-state index in [0.29, 0.717) is 6.61 Å². The molecule has 0 radical (unpaired) electrons. The highest BCUT2D eigenvalue weighted by molar-refractivity contribution is 5.95. The van der Waals surface area contributed by atoms with Gasteiger partial charge in [0.15, 0.2) is 0 Å². The Morgan fingerprint density at radius 1 is 1.14 bits per heavy atom. The van der Waals surface area contributed by atoms with E-state index in [0.717, 1.165) is 54.9 Å². The second kappa shape index (κ2) is 8.46. The smallest absolute Gasteiger partial charge is 0.253 e. The number of nitrogens with two attached hydrogens (primary N) is 1. The predicted octanol–water partition coefficient (Wildman–Crippen LogP) is 4.51. The minimum atomic E-state index is -0.112. The number of ether oxygens (including phenoxy) is 1. The van der Waals surface area contributed by atoms with Crippen LogP contribution in [0.3, 0.4) is 0 Å². The maximum Gasteiger partial charge on any atom is 0.253 e. The number of hydrogen-bond donors (Lipinski definition) is 2. The summed E-state index contributed by atoms with van der Waals surface area (Å²) in [6, 6.07) is 14.3. The molecular formula is C24H31N3O2. The van der Waals surface area contributed by atoms with E-state index >= 15 is 0 Å². The zero-order valence-corrected chi connectivity index (χ0v) is 17.4. The number of fused-ring (bicyclic) bond motifs is 1. The molecule has 1 fully saturated rings. The van der Waals surface area contributed by atoms with Gasteiger partial charge in [0, 0.05) is 36.3 Å². The lowest BCUT2D eigenvalue weighted by Crippen LogP contribution is -2.36. The number of carbonyl (C=O) groups is 1. The van der Waals surface area contributed by atoms with Gasteiger partial charge in [0.05, 0.1) is 12.6 Å². The molecule has 0 aromatic heterocycles. The average molecular weight is 394 g/mol. The standard InChI is InChI=1S/C24H31N3O2/c1-3-19-22(25)20-15-17(24(28)27-13-5-6-14-27)9-12-21(20)26-23(19)16-7-10-18(11-8-16)29-4-2/h7-12,15,19,22-23,26H,3-6,13-14,25H2,1-2H3/t19-,22+,23?/m1/s1. The number of benzene rings is 2. The van der Waals surface area contributed by atoms with E-state index in [1.165, 1.54) is 5.56 Å². The number of likely N-dealkylation sites (tertiary alicyclic amines) is 1. The maximum absolute atomic E-state index is 12.8. The molecule has 2 aliphatic rings. The summed E-state index contributed by atoms with van der Waals surface area (Å²) in [4.78, 5) is 14.8. The third-order valence-electron chi connectivity index (χ3n) is 6.27. The Morgan fingerprint density at radius 2 is 1.86 bits per heavy atom. The minimum absolute atomic E-state index is 0.112. The maximum atomic E-state index is 12.8. The molecule has 0 saturated carbocycles. The van der Waals surface area contributed by atoms with Crippen molar-refractivity contribution in [3.8, 4) is 5.75 Å². The number of nitrogens with zero attached hydrogens (tertiary/aromatic N) is 1. The lowest BCUT2D eigenvalue weighted by molar-refractivity contribution is 0.0792. The fourth-order valence-electron chi connectivity index (χ4n) is 4.68. The van der Waals surface area contributed by atoms with Crippen LogP contribution in [0.4, 0.5) is 5.69 Å². The molecule has 4 rings (SSSR count). The zero-order chi connectivity index (χ0) is 20.4. The van der Waals surface area contributed by atoms with Gasteiger partial charge in [-0.15, -0.1) is 0 Å². The number of rotatable bonds is 5. The molecule has 3 atom stereocenters. The van der Waals surface area contributed by atoms with Crippen LogP contribution in [-0.2, 0) is 0 Å². The molecule has 0 bridgehead atoms. The summed E-state index contributed by atoms with van der Waals surface area (Å²) in [6.07, 6.45) is 3.15. The Morgan fingerprint density at radius 3 is 2.52 bits per heavy atom. The fourth-order valence-corrected chi connectivity index (χ4v) is 4.68. The summed E-state index contributed by atoms with van der Waals surface area (Å²) in [7, 11) is 0. The van der Waals surface area contributed by atoms with Crippen LogP contribution in [0.25, 0.3) is 0 Å². The first-order chi connectivity index (χ1) is 14.1. The Kier molecular flexibility index (Phi) is 5.76. The van der Waals surface area contributed by atoms with Crippen LogP contribution in [0.15, 0.2) is 42.5 Å². The highest BCUT2D eigenvalue weighted by Crippen LogP contribution is 2.44. The highest BCUT2D eigenvalue weighted by Gasteiger charge is 2.35. The van der Waals surface area contributed by atoms with Gasteiger partial charge in [0.25, 0.3) is 5.91 Å². The molecule has 3 N–H and O–H groups in total. The van der Waals surface area contributed by atoms with E-state index in [4.69, 9.17) is 10.5 Å². The van der Waals surface area contributed by atoms with Crippen LogP contribution in [-0.4, -0.2) is 30.5 Å². The second-order valence-electron chi connectivity index (χ2n) is 8.02. The molecule has 0 spiro atoms. The quantitative estimate of drug-likeness (QED) is 0.784. The van der Waals surface area contributed by atoms with Crippen LogP contribution in [0.1, 0.15) is 66.7 Å². The first-order valence-electron chi connectivity index (χ1n) is 10.8. The Balaban J connectivity index is 1.61. The van der Waals surface area contributed by atoms with E-state index < -0.39 is 0 Å². The summed E-state index contributed by atoms with van der Waals surface area (Å²) < 4.78 is 5.58. The number of nitrogens with one attached hydrogen (secondary N) is 1. The number of anilines is 1. The third-order valence-corrected chi connectivity index (χ3v) is 6.27. The number of amides is 1. The normalized spacial score (nSPS) is 23.4. The van der Waals surface area contributed by atoms with Gasteiger partial charge in [-0.1, -0.05) is 19.1 Å². The first kappa shape index (κ1) is 19.8. The summed E-state index contributed by atoms with van der Waals surface area (Å²) in [5, 5.41) is 3.69. The fraction of sp³-hybridized carbons (Fsp3) is 0.458. The van der Waals surface area contributed by atoms with Crippen molar-refractivity contribution in [2.24, 2.45) is 11.7 Å². The Bertz CT molecular complexity index is 859. The molecule has 2 heterocycles. The summed E-state index contributed by atoms with van der Waals surface area (Å²) in [6.45, 7) is 6.55. The monoisotopic (exact) mass is 393 g/mol. The van der Waals surface area contributed by atoms with Gasteiger partial charge in [-0.25, -0.2) is 0 Å². The lowest BCUT2D eigenvalue weighted by atomic mass is 9.78. The van der Waals surface area contributed by atoms with Crippen LogP contribution in [0.5, 0.6) is 5.75 Å². The number of carbonyl (C=O) groups excluding carboxylic acids is 1. The largest absolute Gasteiger partial charge is 0.494 e. The first-order valence-corrected chi connectivity index (χ1v) is 10.8. The molecule has 154 valence electrons. The van der Waals surface area contributed by atoms with Crippen molar-refractivity contribution in [2.75, 3.05) is 25.0 Å². The SMILES string of the molecule is CCOc1ccc(C2Nc3ccc(C(=O)N4CCCC4)cc3[C@@H](N)[C@H]2CC)cc1. The molecular weight excluding hydrogens is 362 g/mol. The molecule has 1 saturated heterocycles. The van der Waals surface area contributed by atoms with Crippen molar-refractivity contribution in [3.63, 3.8) is 0 Å². The van der Waals surface area contributed by atoms with Gasteiger partial charge < -0.3 is 20.7 Å². The van der Waals surface area contributed by atoms with E-state index in [-0.39, 0.29) is 23.9 Å². The van der Waals surface area contributed by atoms with Crippen molar-refractivity contribution in [1.82, 2.24) is 4.90 Å². The Labute approximate surface area is 173 Å². The van der Waals surface area contributed by atoms with Crippen LogP contribution >= 0.6 is 0 Å². The average Bonchev–Trinajstić information content (AvgIpc) is 3.29. The van der Waals surface area contributed by atoms with Gasteiger partial charge in [0.2, 0.25) is 0 Å². The van der Waals surface area contributed by atoms with E-state index in [9.17, 15) is 4.79 Å². The number of hydrogen-bond acceptors (Lipinski definition) is 4. The van der Waals surface area contributed by atoms with Gasteiger partial charge in [-0.05, 0) is 67.6 Å². The Hall–Kier alpha value is -2.53. The van der Waals surface area contributed by atoms with Gasteiger partial charge in [-0.3, -0.25) is 4.79 Å². The predicted molar refractivity (Wildman–Crippen MR) is 116 cm³/mol. The molecule has 0 aliphatic carbocycles. The molecule has 1 unspecified atom stereocenters. The summed E-state index contributed by atoms with van der Waals surface area (Å²) in [5.74, 6) is 1.26. The molecule has 5 heteroatoms. The molecule has 1 amide bonds. The van der Waals surface area contributed by atoms with Gasteiger partial charge in [0.1, 0.15) is 5.75 Å². The topological polar surface area (TPSA) is 67.6 Å². The summed E-state index contributed by atoms with van der Waals surface area (Å²) in [5.41, 5.74) is 10.8. The van der Waals surface area contributed by atoms with Crippen molar-refractivity contribution in [2.45, 2.75) is 45.2 Å². The van der Waals surface area contributed by atoms with Crippen molar-refractivity contribution < 1.29 is 9.53 Å². The second-order valence-corrected chi connectivity index (χ2v) is 8.02. The minimum Gasteiger partial charge on any atom is -0.494 e. The van der Waals surface area contributed by atoms with E-state index in [2.05, 4.69) is 24.4 Å². The van der Waals surface area contributed by atoms with Crippen molar-refractivity contribution >= 4 is 11.6 Å². The van der Waals surface area contributed by atoms with Crippen LogP contribution < -0.4 is 15.8 Å². The molecule has 2 aromatic carbocycles.